The van der Waals surface area contributed by atoms with Crippen LogP contribution >= 0.6 is 0 Å². The number of aryl methyl sites for hydroxylation is 4. The third-order valence-corrected chi connectivity index (χ3v) is 5.46. The van der Waals surface area contributed by atoms with Crippen molar-refractivity contribution in [2.75, 3.05) is 10.2 Å². The van der Waals surface area contributed by atoms with Crippen molar-refractivity contribution >= 4 is 28.8 Å². The van der Waals surface area contributed by atoms with E-state index in [0.717, 1.165) is 27.9 Å². The largest absolute Gasteiger partial charge is 0.350 e. The SMILES string of the molecule is Cc1ccc(N2C(=O)C(Nc3cc(C)ccc3C)=C(c3ccc(F)cc3)C2=O)c(C)c1. The molecule has 31 heavy (non-hydrogen) atoms. The highest BCUT2D eigenvalue weighted by molar-refractivity contribution is 6.46. The van der Waals surface area contributed by atoms with Crippen LogP contribution in [0.25, 0.3) is 5.57 Å². The molecule has 156 valence electrons. The number of nitrogens with one attached hydrogen (secondary N) is 1. The molecule has 0 aromatic heterocycles. The Morgan fingerprint density at radius 2 is 1.39 bits per heavy atom. The van der Waals surface area contributed by atoms with Crippen molar-refractivity contribution in [3.63, 3.8) is 0 Å². The lowest BCUT2D eigenvalue weighted by Gasteiger charge is -2.18. The Morgan fingerprint density at radius 1 is 0.742 bits per heavy atom. The van der Waals surface area contributed by atoms with Gasteiger partial charge in [0, 0.05) is 5.69 Å². The minimum Gasteiger partial charge on any atom is -0.350 e. The molecule has 2 amide bonds. The summed E-state index contributed by atoms with van der Waals surface area (Å²) in [5, 5.41) is 3.20. The molecule has 3 aromatic rings. The number of halogens is 1. The molecule has 0 atom stereocenters. The molecule has 1 heterocycles. The number of hydrogen-bond donors (Lipinski definition) is 1. The minimum absolute atomic E-state index is 0.185. The normalized spacial score (nSPS) is 13.9. The molecule has 1 aliphatic rings. The van der Waals surface area contributed by atoms with Gasteiger partial charge in [-0.15, -0.1) is 0 Å². The van der Waals surface area contributed by atoms with Crippen molar-refractivity contribution in [2.24, 2.45) is 0 Å². The van der Waals surface area contributed by atoms with E-state index >= 15 is 0 Å². The Balaban J connectivity index is 1.87. The molecule has 0 saturated carbocycles. The zero-order valence-electron chi connectivity index (χ0n) is 17.9. The van der Waals surface area contributed by atoms with E-state index < -0.39 is 17.6 Å². The monoisotopic (exact) mass is 414 g/mol. The van der Waals surface area contributed by atoms with Gasteiger partial charge in [0.2, 0.25) is 0 Å². The summed E-state index contributed by atoms with van der Waals surface area (Å²) < 4.78 is 13.5. The zero-order valence-corrected chi connectivity index (χ0v) is 17.9. The molecule has 1 N–H and O–H groups in total. The summed E-state index contributed by atoms with van der Waals surface area (Å²) in [6, 6.07) is 17.1. The first-order valence-corrected chi connectivity index (χ1v) is 10.1. The molecule has 4 rings (SSSR count). The molecule has 0 spiro atoms. The van der Waals surface area contributed by atoms with Crippen molar-refractivity contribution in [2.45, 2.75) is 27.7 Å². The second kappa shape index (κ2) is 7.84. The summed E-state index contributed by atoms with van der Waals surface area (Å²) in [7, 11) is 0. The van der Waals surface area contributed by atoms with Crippen LogP contribution in [-0.2, 0) is 9.59 Å². The first kappa shape index (κ1) is 20.5. The van der Waals surface area contributed by atoms with Gasteiger partial charge in [-0.3, -0.25) is 9.59 Å². The molecule has 4 nitrogen and oxygen atoms in total. The van der Waals surface area contributed by atoms with Gasteiger partial charge < -0.3 is 5.32 Å². The number of hydrogen-bond acceptors (Lipinski definition) is 3. The number of nitrogens with zero attached hydrogens (tertiary/aromatic N) is 1. The van der Waals surface area contributed by atoms with Gasteiger partial charge in [-0.2, -0.15) is 0 Å². The molecule has 5 heteroatoms. The Hall–Kier alpha value is -3.73. The molecular formula is C26H23FN2O2. The fourth-order valence-electron chi connectivity index (χ4n) is 3.81. The van der Waals surface area contributed by atoms with Crippen LogP contribution in [0.4, 0.5) is 15.8 Å². The molecule has 0 bridgehead atoms. The van der Waals surface area contributed by atoms with Crippen molar-refractivity contribution in [1.29, 1.82) is 0 Å². The lowest BCUT2D eigenvalue weighted by atomic mass is 10.0. The summed E-state index contributed by atoms with van der Waals surface area (Å²) in [5.74, 6) is -1.27. The summed E-state index contributed by atoms with van der Waals surface area (Å²) in [5.41, 5.74) is 6.03. The van der Waals surface area contributed by atoms with Crippen LogP contribution in [-0.4, -0.2) is 11.8 Å². The van der Waals surface area contributed by atoms with Gasteiger partial charge in [-0.1, -0.05) is 42.0 Å². The third kappa shape index (κ3) is 3.75. The van der Waals surface area contributed by atoms with E-state index in [2.05, 4.69) is 5.32 Å². The molecular weight excluding hydrogens is 391 g/mol. The summed E-state index contributed by atoms with van der Waals surface area (Å²) >= 11 is 0. The predicted octanol–water partition coefficient (Wildman–Crippen LogP) is 5.46. The second-order valence-electron chi connectivity index (χ2n) is 7.94. The Kier molecular flexibility index (Phi) is 5.19. The number of benzene rings is 3. The molecule has 0 fully saturated rings. The van der Waals surface area contributed by atoms with Gasteiger partial charge in [0.05, 0.1) is 11.3 Å². The first-order valence-electron chi connectivity index (χ1n) is 10.1. The highest BCUT2D eigenvalue weighted by Gasteiger charge is 2.41. The lowest BCUT2D eigenvalue weighted by Crippen LogP contribution is -2.33. The number of imide groups is 1. The van der Waals surface area contributed by atoms with Crippen LogP contribution in [0, 0.1) is 33.5 Å². The number of rotatable bonds is 4. The van der Waals surface area contributed by atoms with Crippen LogP contribution in [0.1, 0.15) is 27.8 Å². The summed E-state index contributed by atoms with van der Waals surface area (Å²) in [6.45, 7) is 7.73. The van der Waals surface area contributed by atoms with Crippen LogP contribution in [0.3, 0.4) is 0 Å². The van der Waals surface area contributed by atoms with E-state index in [1.54, 1.807) is 6.07 Å². The fourth-order valence-corrected chi connectivity index (χ4v) is 3.81. The maximum Gasteiger partial charge on any atom is 0.282 e. The summed E-state index contributed by atoms with van der Waals surface area (Å²) in [6.07, 6.45) is 0. The Bertz CT molecular complexity index is 1240. The van der Waals surface area contributed by atoms with Crippen LogP contribution in [0.15, 0.2) is 66.4 Å². The van der Waals surface area contributed by atoms with E-state index in [9.17, 15) is 14.0 Å². The van der Waals surface area contributed by atoms with Gasteiger partial charge in [-0.25, -0.2) is 9.29 Å². The molecule has 0 saturated heterocycles. The van der Waals surface area contributed by atoms with Gasteiger partial charge in [0.25, 0.3) is 11.8 Å². The van der Waals surface area contributed by atoms with Crippen LogP contribution < -0.4 is 10.2 Å². The molecule has 0 aliphatic carbocycles. The maximum absolute atomic E-state index is 13.5. The van der Waals surface area contributed by atoms with Gasteiger partial charge in [-0.05, 0) is 74.2 Å². The van der Waals surface area contributed by atoms with Gasteiger partial charge in [0.15, 0.2) is 0 Å². The van der Waals surface area contributed by atoms with E-state index in [1.807, 2.05) is 58.0 Å². The van der Waals surface area contributed by atoms with Crippen molar-refractivity contribution < 1.29 is 14.0 Å². The number of carbonyl (C=O) groups excluding carboxylic acids is 2. The minimum atomic E-state index is -0.434. The predicted molar refractivity (Wildman–Crippen MR) is 121 cm³/mol. The first-order chi connectivity index (χ1) is 14.8. The van der Waals surface area contributed by atoms with Gasteiger partial charge in [0.1, 0.15) is 11.5 Å². The molecule has 1 aliphatic heterocycles. The summed E-state index contributed by atoms with van der Waals surface area (Å²) in [4.78, 5) is 28.2. The zero-order chi connectivity index (χ0) is 22.3. The molecule has 0 radical (unpaired) electrons. The molecule has 0 unspecified atom stereocenters. The second-order valence-corrected chi connectivity index (χ2v) is 7.94. The fraction of sp³-hybridized carbons (Fsp3) is 0.154. The smallest absolute Gasteiger partial charge is 0.282 e. The van der Waals surface area contributed by atoms with E-state index in [0.29, 0.717) is 11.3 Å². The van der Waals surface area contributed by atoms with Crippen molar-refractivity contribution in [1.82, 2.24) is 0 Å². The standard InChI is InChI=1S/C26H23FN2O2/c1-15-6-12-22(18(4)13-15)29-25(30)23(19-8-10-20(27)11-9-19)24(26(29)31)28-21-14-16(2)5-7-17(21)3/h5-14,28H,1-4H3. The average molecular weight is 414 g/mol. The Labute approximate surface area is 181 Å². The van der Waals surface area contributed by atoms with Crippen LogP contribution in [0.5, 0.6) is 0 Å². The van der Waals surface area contributed by atoms with Gasteiger partial charge >= 0.3 is 0 Å². The highest BCUT2D eigenvalue weighted by atomic mass is 19.1. The van der Waals surface area contributed by atoms with E-state index in [1.165, 1.54) is 29.2 Å². The number of carbonyl (C=O) groups is 2. The number of anilines is 2. The van der Waals surface area contributed by atoms with E-state index in [-0.39, 0.29) is 11.3 Å². The third-order valence-electron chi connectivity index (χ3n) is 5.46. The van der Waals surface area contributed by atoms with E-state index in [4.69, 9.17) is 0 Å². The maximum atomic E-state index is 13.5. The topological polar surface area (TPSA) is 49.4 Å². The lowest BCUT2D eigenvalue weighted by molar-refractivity contribution is -0.120. The highest BCUT2D eigenvalue weighted by Crippen LogP contribution is 2.36. The van der Waals surface area contributed by atoms with Crippen molar-refractivity contribution in [3.05, 3.63) is 100.0 Å². The molecule has 3 aromatic carbocycles. The Morgan fingerprint density at radius 3 is 2.06 bits per heavy atom. The van der Waals surface area contributed by atoms with Crippen molar-refractivity contribution in [3.8, 4) is 0 Å². The number of amides is 2. The van der Waals surface area contributed by atoms with Crippen LogP contribution in [0.2, 0.25) is 0 Å². The average Bonchev–Trinajstić information content (AvgIpc) is 2.96. The quantitative estimate of drug-likeness (QED) is 0.577.